The van der Waals surface area contributed by atoms with Gasteiger partial charge in [0.2, 0.25) is 0 Å². The molecular formula is C33H33BrN2. The molecule has 2 aromatic heterocycles. The highest BCUT2D eigenvalue weighted by molar-refractivity contribution is 9.10. The molecule has 5 rings (SSSR count). The maximum absolute atomic E-state index is 3.92. The zero-order chi connectivity index (χ0) is 25.2. The Balaban J connectivity index is 1.81. The number of benzene rings is 2. The molecule has 0 saturated carbocycles. The second kappa shape index (κ2) is 10.4. The summed E-state index contributed by atoms with van der Waals surface area (Å²) in [7, 11) is 0. The van der Waals surface area contributed by atoms with Gasteiger partial charge in [-0.05, 0) is 91.8 Å². The lowest BCUT2D eigenvalue weighted by Crippen LogP contribution is -2.04. The van der Waals surface area contributed by atoms with Gasteiger partial charge >= 0.3 is 0 Å². The van der Waals surface area contributed by atoms with Crippen LogP contribution in [0.5, 0.6) is 0 Å². The monoisotopic (exact) mass is 536 g/mol. The molecule has 182 valence electrons. The first-order chi connectivity index (χ1) is 17.6. The normalized spacial score (nSPS) is 13.3. The first kappa shape index (κ1) is 24.4. The van der Waals surface area contributed by atoms with Gasteiger partial charge in [-0.1, -0.05) is 78.9 Å². The van der Waals surface area contributed by atoms with Crippen LogP contribution in [0.25, 0.3) is 40.5 Å². The first-order valence-corrected chi connectivity index (χ1v) is 13.7. The molecule has 0 bridgehead atoms. The molecule has 0 unspecified atom stereocenters. The van der Waals surface area contributed by atoms with Crippen LogP contribution < -0.4 is 0 Å². The Kier molecular flexibility index (Phi) is 7.02. The highest BCUT2D eigenvalue weighted by Gasteiger charge is 2.21. The summed E-state index contributed by atoms with van der Waals surface area (Å²) < 4.78 is 5.89. The van der Waals surface area contributed by atoms with Crippen LogP contribution in [0.4, 0.5) is 0 Å². The molecule has 2 nitrogen and oxygen atoms in total. The van der Waals surface area contributed by atoms with Gasteiger partial charge in [-0.25, -0.2) is 0 Å². The van der Waals surface area contributed by atoms with Gasteiger partial charge in [0, 0.05) is 38.3 Å². The Labute approximate surface area is 223 Å². The third-order valence-electron chi connectivity index (χ3n) is 7.12. The highest BCUT2D eigenvalue weighted by atomic mass is 79.9. The van der Waals surface area contributed by atoms with E-state index in [9.17, 15) is 0 Å². The lowest BCUT2D eigenvalue weighted by atomic mass is 10.0. The fraction of sp³-hybridized carbons (Fsp3) is 0.212. The number of allylic oxidation sites excluding steroid dienone is 4. The number of halogens is 1. The molecule has 2 heterocycles. The summed E-state index contributed by atoms with van der Waals surface area (Å²) in [5, 5.41) is 1.35. The van der Waals surface area contributed by atoms with Gasteiger partial charge in [-0.15, -0.1) is 0 Å². The van der Waals surface area contributed by atoms with E-state index in [0.29, 0.717) is 0 Å². The van der Waals surface area contributed by atoms with E-state index in [1.54, 1.807) is 0 Å². The van der Waals surface area contributed by atoms with Gasteiger partial charge < -0.3 is 9.13 Å². The van der Waals surface area contributed by atoms with Crippen LogP contribution in [0.1, 0.15) is 60.5 Å². The molecule has 0 atom stereocenters. The summed E-state index contributed by atoms with van der Waals surface area (Å²) >= 11 is 3.86. The van der Waals surface area contributed by atoms with E-state index in [2.05, 4.69) is 125 Å². The molecule has 0 aliphatic heterocycles. The molecule has 0 N–H and O–H groups in total. The van der Waals surface area contributed by atoms with Gasteiger partial charge in [-0.3, -0.25) is 0 Å². The van der Waals surface area contributed by atoms with E-state index < -0.39 is 0 Å². The van der Waals surface area contributed by atoms with Crippen LogP contribution in [0.3, 0.4) is 0 Å². The van der Waals surface area contributed by atoms with Crippen molar-refractivity contribution >= 4 is 45.1 Å². The Morgan fingerprint density at radius 3 is 2.53 bits per heavy atom. The average molecular weight is 538 g/mol. The van der Waals surface area contributed by atoms with Crippen molar-refractivity contribution in [1.82, 2.24) is 9.13 Å². The van der Waals surface area contributed by atoms with Crippen LogP contribution in [0.15, 0.2) is 77.8 Å². The van der Waals surface area contributed by atoms with Crippen molar-refractivity contribution in [3.8, 4) is 11.4 Å². The fourth-order valence-electron chi connectivity index (χ4n) is 5.55. The topological polar surface area (TPSA) is 9.86 Å². The number of aromatic nitrogens is 2. The summed E-state index contributed by atoms with van der Waals surface area (Å²) in [6.07, 6.45) is 19.4. The van der Waals surface area contributed by atoms with Gasteiger partial charge in [0.1, 0.15) is 0 Å². The maximum atomic E-state index is 3.92. The molecule has 0 radical (unpaired) electrons. The molecule has 1 aliphatic carbocycles. The Morgan fingerprint density at radius 1 is 1.00 bits per heavy atom. The number of hydrogen-bond acceptors (Lipinski definition) is 0. The van der Waals surface area contributed by atoms with E-state index in [4.69, 9.17) is 0 Å². The Bertz CT molecular complexity index is 1540. The number of hydrogen-bond donors (Lipinski definition) is 0. The average Bonchev–Trinajstić information content (AvgIpc) is 3.37. The number of rotatable bonds is 7. The Morgan fingerprint density at radius 2 is 1.78 bits per heavy atom. The number of nitrogens with zero attached hydrogens (tertiary/aromatic N) is 2. The van der Waals surface area contributed by atoms with E-state index in [-0.39, 0.29) is 0 Å². The zero-order valence-corrected chi connectivity index (χ0v) is 23.0. The number of fused-ring (bicyclic) bond motifs is 3. The van der Waals surface area contributed by atoms with Crippen molar-refractivity contribution < 1.29 is 0 Å². The lowest BCUT2D eigenvalue weighted by Gasteiger charge is -2.17. The maximum Gasteiger partial charge on any atom is 0.0537 e. The molecule has 3 heteroatoms. The second-order valence-electron chi connectivity index (χ2n) is 9.29. The quantitative estimate of drug-likeness (QED) is 0.208. The van der Waals surface area contributed by atoms with Crippen molar-refractivity contribution in [2.24, 2.45) is 0 Å². The van der Waals surface area contributed by atoms with Gasteiger partial charge in [0.05, 0.1) is 5.52 Å². The van der Waals surface area contributed by atoms with Crippen LogP contribution >= 0.6 is 15.9 Å². The Hall–Kier alpha value is -3.30. The first-order valence-electron chi connectivity index (χ1n) is 12.9. The van der Waals surface area contributed by atoms with Crippen molar-refractivity contribution in [3.63, 3.8) is 0 Å². The summed E-state index contributed by atoms with van der Waals surface area (Å²) in [5.41, 5.74) is 11.5. The van der Waals surface area contributed by atoms with Crippen LogP contribution in [-0.2, 0) is 12.8 Å². The van der Waals surface area contributed by atoms with Crippen LogP contribution in [0.2, 0.25) is 0 Å². The predicted molar refractivity (Wildman–Crippen MR) is 160 cm³/mol. The van der Waals surface area contributed by atoms with Crippen molar-refractivity contribution in [1.29, 1.82) is 0 Å². The number of para-hydroxylation sites is 1. The lowest BCUT2D eigenvalue weighted by molar-refractivity contribution is 0.963. The summed E-state index contributed by atoms with van der Waals surface area (Å²) in [6, 6.07) is 15.6. The number of aryl methyl sites for hydroxylation is 1. The summed E-state index contributed by atoms with van der Waals surface area (Å²) in [4.78, 5) is 0. The van der Waals surface area contributed by atoms with Gasteiger partial charge in [0.15, 0.2) is 0 Å². The van der Waals surface area contributed by atoms with E-state index >= 15 is 0 Å². The van der Waals surface area contributed by atoms with Crippen molar-refractivity contribution in [2.45, 2.75) is 46.5 Å². The second-order valence-corrected chi connectivity index (χ2v) is 10.2. The molecule has 2 aromatic carbocycles. The van der Waals surface area contributed by atoms with Gasteiger partial charge in [-0.2, -0.15) is 0 Å². The zero-order valence-electron chi connectivity index (χ0n) is 21.4. The van der Waals surface area contributed by atoms with E-state index in [0.717, 1.165) is 41.5 Å². The molecular weight excluding hydrogens is 504 g/mol. The predicted octanol–water partition coefficient (Wildman–Crippen LogP) is 9.64. The highest BCUT2D eigenvalue weighted by Crippen LogP contribution is 2.37. The largest absolute Gasteiger partial charge is 0.310 e. The molecule has 0 spiro atoms. The molecule has 0 saturated heterocycles. The standard InChI is InChI=1S/C33H33BrN2/c1-5-8-16-30-23(4)27(7-3)31(17-9-6-2)35(30)25-20-24(34)21-26(22-25)36-32-18-12-10-14-28(32)29-15-11-13-19-33(29)36/h6,8-10,12-14,16-22H,2,5,7,11,15H2,1,3-4H3/b16-8-,17-9-. The molecule has 1 aliphatic rings. The SMILES string of the molecule is C=C/C=C\c1c(CC)c(C)c(/C=C\CC)n1-c1cc(Br)cc(-n2c3c(c4ccccc42)CCC=C3)c1. The molecule has 36 heavy (non-hydrogen) atoms. The van der Waals surface area contributed by atoms with E-state index in [1.807, 2.05) is 12.2 Å². The molecule has 0 amide bonds. The van der Waals surface area contributed by atoms with Crippen LogP contribution in [0, 0.1) is 6.92 Å². The summed E-state index contributed by atoms with van der Waals surface area (Å²) in [5.74, 6) is 0. The minimum atomic E-state index is 0.976. The van der Waals surface area contributed by atoms with Gasteiger partial charge in [0.25, 0.3) is 0 Å². The van der Waals surface area contributed by atoms with E-state index in [1.165, 1.54) is 44.7 Å². The minimum absolute atomic E-state index is 0.976. The van der Waals surface area contributed by atoms with Crippen LogP contribution in [-0.4, -0.2) is 9.13 Å². The van der Waals surface area contributed by atoms with Crippen molar-refractivity contribution in [3.05, 3.63) is 112 Å². The molecule has 4 aromatic rings. The summed E-state index contributed by atoms with van der Waals surface area (Å²) in [6.45, 7) is 10.6. The third kappa shape index (κ3) is 4.16. The fourth-order valence-corrected chi connectivity index (χ4v) is 6.02. The molecule has 0 fully saturated rings. The minimum Gasteiger partial charge on any atom is -0.310 e. The smallest absolute Gasteiger partial charge is 0.0537 e. The van der Waals surface area contributed by atoms with Crippen molar-refractivity contribution in [2.75, 3.05) is 0 Å². The third-order valence-corrected chi connectivity index (χ3v) is 7.58.